The molecule has 0 aliphatic carbocycles. The minimum Gasteiger partial charge on any atom is -0.495 e. The van der Waals surface area contributed by atoms with Gasteiger partial charge in [0.05, 0.1) is 25.5 Å². The number of nitrogen functional groups attached to an aromatic ring is 1. The lowest BCUT2D eigenvalue weighted by Gasteiger charge is -2.13. The van der Waals surface area contributed by atoms with Gasteiger partial charge in [-0.1, -0.05) is 0 Å². The van der Waals surface area contributed by atoms with Crippen molar-refractivity contribution in [2.45, 2.75) is 0 Å². The van der Waals surface area contributed by atoms with Crippen LogP contribution in [0.25, 0.3) is 0 Å². The van der Waals surface area contributed by atoms with Crippen LogP contribution >= 0.6 is 15.9 Å². The SMILES string of the molecule is COc1ccc(C(=O)c2ccc(F)c(N)c2)c(OC)c1Br. The highest BCUT2D eigenvalue weighted by Crippen LogP contribution is 2.38. The molecule has 2 N–H and O–H groups in total. The van der Waals surface area contributed by atoms with Crippen LogP contribution in [0.2, 0.25) is 0 Å². The molecule has 2 rings (SSSR count). The lowest BCUT2D eigenvalue weighted by Crippen LogP contribution is -2.06. The monoisotopic (exact) mass is 353 g/mol. The number of hydrogen-bond donors (Lipinski definition) is 1. The molecule has 0 atom stereocenters. The van der Waals surface area contributed by atoms with Crippen molar-refractivity contribution >= 4 is 27.4 Å². The number of halogens is 2. The normalized spacial score (nSPS) is 10.3. The van der Waals surface area contributed by atoms with E-state index in [0.29, 0.717) is 21.5 Å². The van der Waals surface area contributed by atoms with Gasteiger partial charge < -0.3 is 15.2 Å². The summed E-state index contributed by atoms with van der Waals surface area (Å²) in [6.07, 6.45) is 0. The number of benzene rings is 2. The largest absolute Gasteiger partial charge is 0.495 e. The van der Waals surface area contributed by atoms with E-state index in [1.807, 2.05) is 0 Å². The third kappa shape index (κ3) is 2.85. The van der Waals surface area contributed by atoms with Gasteiger partial charge in [0.15, 0.2) is 5.78 Å². The van der Waals surface area contributed by atoms with E-state index >= 15 is 0 Å². The molecule has 4 nitrogen and oxygen atoms in total. The number of carbonyl (C=O) groups is 1. The fourth-order valence-electron chi connectivity index (χ4n) is 1.91. The maximum atomic E-state index is 13.2. The van der Waals surface area contributed by atoms with E-state index in [1.54, 1.807) is 12.1 Å². The summed E-state index contributed by atoms with van der Waals surface area (Å²) in [5.74, 6) is 0.0144. The number of ketones is 1. The van der Waals surface area contributed by atoms with E-state index in [1.165, 1.54) is 26.4 Å². The standard InChI is InChI=1S/C15H13BrFNO3/c1-20-12-6-4-9(15(21-2)13(12)16)14(19)8-3-5-10(17)11(18)7-8/h3-7H,18H2,1-2H3. The molecule has 0 heterocycles. The lowest BCUT2D eigenvalue weighted by molar-refractivity contribution is 0.103. The molecular weight excluding hydrogens is 341 g/mol. The third-order valence-corrected chi connectivity index (χ3v) is 3.74. The van der Waals surface area contributed by atoms with Crippen molar-refractivity contribution in [2.75, 3.05) is 20.0 Å². The first-order valence-corrected chi connectivity index (χ1v) is 6.79. The van der Waals surface area contributed by atoms with Crippen LogP contribution < -0.4 is 15.2 Å². The molecule has 0 bridgehead atoms. The number of carbonyl (C=O) groups excluding carboxylic acids is 1. The zero-order valence-corrected chi connectivity index (χ0v) is 13.0. The van der Waals surface area contributed by atoms with Gasteiger partial charge >= 0.3 is 0 Å². The summed E-state index contributed by atoms with van der Waals surface area (Å²) in [6.45, 7) is 0. The van der Waals surface area contributed by atoms with Crippen LogP contribution in [-0.2, 0) is 0 Å². The van der Waals surface area contributed by atoms with Crippen LogP contribution in [0.4, 0.5) is 10.1 Å². The van der Waals surface area contributed by atoms with Crippen LogP contribution in [0.15, 0.2) is 34.8 Å². The van der Waals surface area contributed by atoms with Crippen molar-refractivity contribution < 1.29 is 18.7 Å². The second-order valence-electron chi connectivity index (χ2n) is 4.23. The van der Waals surface area contributed by atoms with Crippen molar-refractivity contribution in [3.63, 3.8) is 0 Å². The molecule has 0 amide bonds. The minimum atomic E-state index is -0.561. The summed E-state index contributed by atoms with van der Waals surface area (Å²) in [6, 6.07) is 7.07. The number of hydrogen-bond acceptors (Lipinski definition) is 4. The van der Waals surface area contributed by atoms with E-state index in [9.17, 15) is 9.18 Å². The van der Waals surface area contributed by atoms with Crippen LogP contribution in [0.1, 0.15) is 15.9 Å². The average Bonchev–Trinajstić information content (AvgIpc) is 2.49. The Morgan fingerprint density at radius 3 is 2.48 bits per heavy atom. The minimum absolute atomic E-state index is 0.0765. The molecule has 0 spiro atoms. The smallest absolute Gasteiger partial charge is 0.196 e. The van der Waals surface area contributed by atoms with Gasteiger partial charge in [-0.3, -0.25) is 4.79 Å². The van der Waals surface area contributed by atoms with Gasteiger partial charge in [-0.25, -0.2) is 4.39 Å². The molecule has 0 aromatic heterocycles. The molecule has 0 saturated carbocycles. The zero-order valence-electron chi connectivity index (χ0n) is 11.4. The Labute approximate surface area is 129 Å². The number of anilines is 1. The Bertz CT molecular complexity index is 704. The second kappa shape index (κ2) is 6.13. The van der Waals surface area contributed by atoms with Crippen molar-refractivity contribution in [1.82, 2.24) is 0 Å². The maximum absolute atomic E-state index is 13.2. The molecule has 21 heavy (non-hydrogen) atoms. The number of ether oxygens (including phenoxy) is 2. The zero-order chi connectivity index (χ0) is 15.6. The van der Waals surface area contributed by atoms with Gasteiger partial charge in [-0.15, -0.1) is 0 Å². The van der Waals surface area contributed by atoms with Gasteiger partial charge in [0.25, 0.3) is 0 Å². The predicted octanol–water partition coefficient (Wildman–Crippen LogP) is 3.42. The van der Waals surface area contributed by atoms with Crippen LogP contribution in [0.5, 0.6) is 11.5 Å². The first kappa shape index (κ1) is 15.3. The van der Waals surface area contributed by atoms with E-state index in [4.69, 9.17) is 15.2 Å². The maximum Gasteiger partial charge on any atom is 0.196 e. The fraction of sp³-hybridized carbons (Fsp3) is 0.133. The first-order chi connectivity index (χ1) is 9.99. The van der Waals surface area contributed by atoms with Gasteiger partial charge in [0.1, 0.15) is 21.8 Å². The third-order valence-electron chi connectivity index (χ3n) is 2.99. The predicted molar refractivity (Wildman–Crippen MR) is 81.5 cm³/mol. The topological polar surface area (TPSA) is 61.5 Å². The van der Waals surface area contributed by atoms with Crippen LogP contribution in [0.3, 0.4) is 0 Å². The molecule has 0 unspecified atom stereocenters. The van der Waals surface area contributed by atoms with Crippen LogP contribution in [-0.4, -0.2) is 20.0 Å². The quantitative estimate of drug-likeness (QED) is 0.675. The molecule has 6 heteroatoms. The van der Waals surface area contributed by atoms with Gasteiger partial charge in [0, 0.05) is 5.56 Å². The van der Waals surface area contributed by atoms with E-state index in [0.717, 1.165) is 6.07 Å². The number of rotatable bonds is 4. The van der Waals surface area contributed by atoms with Crippen molar-refractivity contribution in [1.29, 1.82) is 0 Å². The molecular formula is C15H13BrFNO3. The summed E-state index contributed by atoms with van der Waals surface area (Å²) >= 11 is 3.33. The van der Waals surface area contributed by atoms with Gasteiger partial charge in [-0.2, -0.15) is 0 Å². The summed E-state index contributed by atoms with van der Waals surface area (Å²) < 4.78 is 24.1. The Balaban J connectivity index is 2.52. The number of nitrogens with two attached hydrogens (primary N) is 1. The molecule has 110 valence electrons. The molecule has 0 radical (unpaired) electrons. The number of methoxy groups -OCH3 is 2. The lowest BCUT2D eigenvalue weighted by atomic mass is 10.0. The molecule has 0 fully saturated rings. The van der Waals surface area contributed by atoms with Crippen molar-refractivity contribution in [3.05, 3.63) is 51.7 Å². The highest BCUT2D eigenvalue weighted by molar-refractivity contribution is 9.10. The summed E-state index contributed by atoms with van der Waals surface area (Å²) in [4.78, 5) is 12.5. The summed E-state index contributed by atoms with van der Waals surface area (Å²) in [5.41, 5.74) is 6.03. The summed E-state index contributed by atoms with van der Waals surface area (Å²) in [5, 5.41) is 0. The highest BCUT2D eigenvalue weighted by atomic mass is 79.9. The molecule has 0 aliphatic rings. The van der Waals surface area contributed by atoms with Crippen molar-refractivity contribution in [3.8, 4) is 11.5 Å². The molecule has 0 aliphatic heterocycles. The van der Waals surface area contributed by atoms with E-state index in [-0.39, 0.29) is 17.0 Å². The highest BCUT2D eigenvalue weighted by Gasteiger charge is 2.20. The van der Waals surface area contributed by atoms with Gasteiger partial charge in [-0.05, 0) is 46.3 Å². The van der Waals surface area contributed by atoms with Crippen molar-refractivity contribution in [2.24, 2.45) is 0 Å². The van der Waals surface area contributed by atoms with E-state index in [2.05, 4.69) is 15.9 Å². The molecule has 2 aromatic carbocycles. The first-order valence-electron chi connectivity index (χ1n) is 5.99. The van der Waals surface area contributed by atoms with Gasteiger partial charge in [0.2, 0.25) is 0 Å². The Morgan fingerprint density at radius 1 is 1.19 bits per heavy atom. The Morgan fingerprint density at radius 2 is 1.90 bits per heavy atom. The molecule has 2 aromatic rings. The second-order valence-corrected chi connectivity index (χ2v) is 5.02. The average molecular weight is 354 g/mol. The van der Waals surface area contributed by atoms with E-state index < -0.39 is 5.82 Å². The summed E-state index contributed by atoms with van der Waals surface area (Å²) in [7, 11) is 2.97. The molecule has 0 saturated heterocycles. The fourth-order valence-corrected chi connectivity index (χ4v) is 2.58. The van der Waals surface area contributed by atoms with Crippen LogP contribution in [0, 0.1) is 5.82 Å². The Kier molecular flexibility index (Phi) is 4.47. The Hall–Kier alpha value is -2.08.